The third-order valence-corrected chi connectivity index (χ3v) is 5.74. The molecule has 1 heterocycles. The number of aryl methyl sites for hydroxylation is 1. The Balaban J connectivity index is 1.88. The van der Waals surface area contributed by atoms with Crippen LogP contribution in [0.25, 0.3) is 0 Å². The number of benzene rings is 1. The molecule has 0 bridgehead atoms. The minimum absolute atomic E-state index is 0.0307. The molecule has 1 aromatic carbocycles. The molecule has 4 nitrogen and oxygen atoms in total. The molecule has 0 aromatic heterocycles. The van der Waals surface area contributed by atoms with Gasteiger partial charge in [0.05, 0.1) is 5.92 Å². The number of rotatable bonds is 1. The molecule has 2 atom stereocenters. The number of amides is 2. The second kappa shape index (κ2) is 8.03. The maximum atomic E-state index is 13.2. The predicted molar refractivity (Wildman–Crippen MR) is 99.4 cm³/mol. The van der Waals surface area contributed by atoms with E-state index in [0.29, 0.717) is 0 Å². The van der Waals surface area contributed by atoms with Gasteiger partial charge in [0.25, 0.3) is 5.91 Å². The number of carbonyl (C=O) groups is 2. The lowest BCUT2D eigenvalue weighted by molar-refractivity contribution is -0.135. The average molecular weight is 342 g/mol. The zero-order valence-electron chi connectivity index (χ0n) is 15.5. The van der Waals surface area contributed by atoms with Crippen molar-refractivity contribution in [1.82, 2.24) is 9.80 Å². The number of hydrogen-bond acceptors (Lipinski definition) is 2. The molecule has 2 aliphatic rings. The van der Waals surface area contributed by atoms with Gasteiger partial charge in [0.1, 0.15) is 0 Å². The van der Waals surface area contributed by atoms with Crippen LogP contribution >= 0.6 is 0 Å². The fraction of sp³-hybridized carbons (Fsp3) is 0.619. The number of hydrogen-bond donors (Lipinski definition) is 0. The molecule has 25 heavy (non-hydrogen) atoms. The SMILES string of the molecule is Cc1cccc(C(=O)N2CCCCCCN(C)C(=O)[C@@H]3CCC[C@@H]32)c1. The molecular weight excluding hydrogens is 312 g/mol. The molecule has 136 valence electrons. The smallest absolute Gasteiger partial charge is 0.254 e. The summed E-state index contributed by atoms with van der Waals surface area (Å²) in [6, 6.07) is 7.88. The van der Waals surface area contributed by atoms with Crippen molar-refractivity contribution in [1.29, 1.82) is 0 Å². The predicted octanol–water partition coefficient (Wildman–Crippen LogP) is 3.64. The van der Waals surface area contributed by atoms with Gasteiger partial charge >= 0.3 is 0 Å². The Morgan fingerprint density at radius 1 is 1.04 bits per heavy atom. The van der Waals surface area contributed by atoms with E-state index in [1.165, 1.54) is 0 Å². The Bertz CT molecular complexity index is 628. The summed E-state index contributed by atoms with van der Waals surface area (Å²) in [5.41, 5.74) is 1.85. The van der Waals surface area contributed by atoms with Crippen LogP contribution in [-0.2, 0) is 4.79 Å². The molecule has 1 aliphatic heterocycles. The third-order valence-electron chi connectivity index (χ3n) is 5.74. The molecule has 1 saturated carbocycles. The van der Waals surface area contributed by atoms with Crippen LogP contribution in [0.3, 0.4) is 0 Å². The van der Waals surface area contributed by atoms with Gasteiger partial charge in [-0.3, -0.25) is 9.59 Å². The second-order valence-corrected chi connectivity index (χ2v) is 7.65. The van der Waals surface area contributed by atoms with Crippen LogP contribution in [0, 0.1) is 12.8 Å². The van der Waals surface area contributed by atoms with Crippen LogP contribution in [0.1, 0.15) is 60.9 Å². The van der Waals surface area contributed by atoms with E-state index < -0.39 is 0 Å². The monoisotopic (exact) mass is 342 g/mol. The summed E-state index contributed by atoms with van der Waals surface area (Å²) >= 11 is 0. The quantitative estimate of drug-likeness (QED) is 0.782. The summed E-state index contributed by atoms with van der Waals surface area (Å²) < 4.78 is 0. The molecule has 0 unspecified atom stereocenters. The molecule has 2 amide bonds. The highest BCUT2D eigenvalue weighted by molar-refractivity contribution is 5.95. The average Bonchev–Trinajstić information content (AvgIpc) is 3.08. The van der Waals surface area contributed by atoms with Gasteiger partial charge in [-0.25, -0.2) is 0 Å². The van der Waals surface area contributed by atoms with Crippen molar-refractivity contribution in [2.24, 2.45) is 5.92 Å². The Labute approximate surface area is 151 Å². The lowest BCUT2D eigenvalue weighted by Gasteiger charge is -2.34. The van der Waals surface area contributed by atoms with Gasteiger partial charge in [-0.1, -0.05) is 37.0 Å². The molecule has 0 radical (unpaired) electrons. The van der Waals surface area contributed by atoms with Crippen molar-refractivity contribution >= 4 is 11.8 Å². The Hall–Kier alpha value is -1.84. The fourth-order valence-electron chi connectivity index (χ4n) is 4.34. The Morgan fingerprint density at radius 3 is 2.56 bits per heavy atom. The number of carbonyl (C=O) groups excluding carboxylic acids is 2. The lowest BCUT2D eigenvalue weighted by Crippen LogP contribution is -2.47. The summed E-state index contributed by atoms with van der Waals surface area (Å²) in [5.74, 6) is 0.290. The maximum absolute atomic E-state index is 13.2. The van der Waals surface area contributed by atoms with E-state index in [-0.39, 0.29) is 23.8 Å². The van der Waals surface area contributed by atoms with Crippen molar-refractivity contribution in [3.05, 3.63) is 35.4 Å². The maximum Gasteiger partial charge on any atom is 0.254 e. The van der Waals surface area contributed by atoms with Gasteiger partial charge in [0.2, 0.25) is 5.91 Å². The second-order valence-electron chi connectivity index (χ2n) is 7.65. The summed E-state index contributed by atoms with van der Waals surface area (Å²) in [6.45, 7) is 3.62. The molecule has 3 rings (SSSR count). The molecule has 0 spiro atoms. The van der Waals surface area contributed by atoms with Gasteiger partial charge < -0.3 is 9.80 Å². The highest BCUT2D eigenvalue weighted by Gasteiger charge is 2.40. The van der Waals surface area contributed by atoms with Crippen LogP contribution in [-0.4, -0.2) is 47.8 Å². The van der Waals surface area contributed by atoms with Crippen molar-refractivity contribution < 1.29 is 9.59 Å². The first-order chi connectivity index (χ1) is 12.1. The van der Waals surface area contributed by atoms with Crippen molar-refractivity contribution in [3.8, 4) is 0 Å². The van der Waals surface area contributed by atoms with Gasteiger partial charge in [-0.15, -0.1) is 0 Å². The number of nitrogens with zero attached hydrogens (tertiary/aromatic N) is 2. The zero-order valence-corrected chi connectivity index (χ0v) is 15.5. The molecular formula is C21H30N2O2. The van der Waals surface area contributed by atoms with E-state index in [1.54, 1.807) is 0 Å². The molecule has 1 saturated heterocycles. The van der Waals surface area contributed by atoms with Crippen molar-refractivity contribution in [3.63, 3.8) is 0 Å². The molecule has 4 heteroatoms. The van der Waals surface area contributed by atoms with E-state index in [0.717, 1.165) is 69.2 Å². The topological polar surface area (TPSA) is 40.6 Å². The molecule has 1 aliphatic carbocycles. The summed E-state index contributed by atoms with van der Waals surface area (Å²) in [6.07, 6.45) is 7.22. The summed E-state index contributed by atoms with van der Waals surface area (Å²) in [4.78, 5) is 30.0. The number of fused-ring (bicyclic) bond motifs is 1. The van der Waals surface area contributed by atoms with E-state index in [4.69, 9.17) is 0 Å². The van der Waals surface area contributed by atoms with Gasteiger partial charge in [-0.2, -0.15) is 0 Å². The van der Waals surface area contributed by atoms with Crippen LogP contribution < -0.4 is 0 Å². The fourth-order valence-corrected chi connectivity index (χ4v) is 4.34. The first-order valence-electron chi connectivity index (χ1n) is 9.70. The molecule has 0 N–H and O–H groups in total. The highest BCUT2D eigenvalue weighted by Crippen LogP contribution is 2.33. The van der Waals surface area contributed by atoms with E-state index in [2.05, 4.69) is 0 Å². The Morgan fingerprint density at radius 2 is 1.80 bits per heavy atom. The van der Waals surface area contributed by atoms with Crippen LogP contribution in [0.4, 0.5) is 0 Å². The summed E-state index contributed by atoms with van der Waals surface area (Å²) in [5, 5.41) is 0. The zero-order chi connectivity index (χ0) is 17.8. The largest absolute Gasteiger partial charge is 0.345 e. The van der Waals surface area contributed by atoms with Gasteiger partial charge in [-0.05, 0) is 44.7 Å². The molecule has 2 fully saturated rings. The van der Waals surface area contributed by atoms with Gasteiger partial charge in [0, 0.05) is 31.7 Å². The normalized spacial score (nSPS) is 25.4. The van der Waals surface area contributed by atoms with Crippen LogP contribution in [0.15, 0.2) is 24.3 Å². The van der Waals surface area contributed by atoms with Gasteiger partial charge in [0.15, 0.2) is 0 Å². The Kier molecular flexibility index (Phi) is 5.77. The van der Waals surface area contributed by atoms with Crippen LogP contribution in [0.5, 0.6) is 0 Å². The minimum atomic E-state index is -0.0307. The first kappa shape index (κ1) is 18.0. The lowest BCUT2D eigenvalue weighted by atomic mass is 9.98. The van der Waals surface area contributed by atoms with E-state index >= 15 is 0 Å². The third kappa shape index (κ3) is 4.05. The minimum Gasteiger partial charge on any atom is -0.345 e. The first-order valence-corrected chi connectivity index (χ1v) is 9.70. The van der Waals surface area contributed by atoms with Crippen LogP contribution in [0.2, 0.25) is 0 Å². The highest BCUT2D eigenvalue weighted by atomic mass is 16.2. The van der Waals surface area contributed by atoms with E-state index in [9.17, 15) is 9.59 Å². The summed E-state index contributed by atoms with van der Waals surface area (Å²) in [7, 11) is 1.92. The molecule has 1 aromatic rings. The standard InChI is InChI=1S/C21H30N2O2/c1-16-9-7-10-17(15-16)20(24)23-14-6-4-3-5-13-22(2)21(25)18-11-8-12-19(18)23/h7,9-10,15,18-19H,3-6,8,11-14H2,1-2H3/t18-,19+/m1/s1. The van der Waals surface area contributed by atoms with E-state index in [1.807, 2.05) is 48.0 Å². The van der Waals surface area contributed by atoms with Crippen molar-refractivity contribution in [2.75, 3.05) is 20.1 Å². The van der Waals surface area contributed by atoms with Crippen molar-refractivity contribution in [2.45, 2.75) is 57.9 Å².